The minimum Gasteiger partial charge on any atom is -0.339 e. The molecule has 4 nitrogen and oxygen atoms in total. The highest BCUT2D eigenvalue weighted by Gasteiger charge is 2.19. The molecule has 2 aromatic heterocycles. The number of imidazole rings is 1. The van der Waals surface area contributed by atoms with Crippen molar-refractivity contribution in [3.8, 4) is 0 Å². The molecule has 0 radical (unpaired) electrons. The first-order valence-electron chi connectivity index (χ1n) is 4.97. The van der Waals surface area contributed by atoms with Crippen LogP contribution < -0.4 is 5.32 Å². The van der Waals surface area contributed by atoms with Crippen LogP contribution in [0.15, 0.2) is 18.3 Å². The van der Waals surface area contributed by atoms with Gasteiger partial charge in [0.05, 0.1) is 11.6 Å². The van der Waals surface area contributed by atoms with Gasteiger partial charge < -0.3 is 10.3 Å². The van der Waals surface area contributed by atoms with Crippen LogP contribution >= 0.6 is 0 Å². The molecule has 0 amide bonds. The largest absolute Gasteiger partial charge is 0.339 e. The van der Waals surface area contributed by atoms with Crippen LogP contribution in [0.4, 0.5) is 0 Å². The summed E-state index contributed by atoms with van der Waals surface area (Å²) in [7, 11) is 0. The molecule has 4 heteroatoms. The molecule has 0 saturated carbocycles. The van der Waals surface area contributed by atoms with Gasteiger partial charge in [-0.05, 0) is 31.5 Å². The maximum atomic E-state index is 4.47. The maximum absolute atomic E-state index is 4.47. The van der Waals surface area contributed by atoms with Crippen LogP contribution in [0.3, 0.4) is 0 Å². The summed E-state index contributed by atoms with van der Waals surface area (Å²) in [6, 6.07) is 4.32. The standard InChI is InChI=1S/C10H12N4/c1-3-7(11-5-1)10-13-8-4-2-6-12-9(8)14-10/h2,4,6-7,11H,1,3,5H2,(H,12,13,14)/t7-/m1/s1. The number of hydrogen-bond donors (Lipinski definition) is 2. The number of aromatic amines is 1. The first kappa shape index (κ1) is 7.94. The summed E-state index contributed by atoms with van der Waals surface area (Å²) < 4.78 is 0. The number of hydrogen-bond acceptors (Lipinski definition) is 3. The van der Waals surface area contributed by atoms with E-state index < -0.39 is 0 Å². The van der Waals surface area contributed by atoms with Crippen LogP contribution in [-0.4, -0.2) is 21.5 Å². The Labute approximate surface area is 81.8 Å². The second-order valence-corrected chi connectivity index (χ2v) is 3.65. The molecule has 72 valence electrons. The van der Waals surface area contributed by atoms with Gasteiger partial charge in [0.15, 0.2) is 5.65 Å². The predicted molar refractivity (Wildman–Crippen MR) is 53.9 cm³/mol. The summed E-state index contributed by atoms with van der Waals surface area (Å²) in [5.41, 5.74) is 1.84. The fraction of sp³-hybridized carbons (Fsp3) is 0.400. The fourth-order valence-electron chi connectivity index (χ4n) is 1.95. The Morgan fingerprint density at radius 1 is 1.43 bits per heavy atom. The lowest BCUT2D eigenvalue weighted by Gasteiger charge is -2.04. The van der Waals surface area contributed by atoms with Crippen molar-refractivity contribution in [2.75, 3.05) is 6.54 Å². The smallest absolute Gasteiger partial charge is 0.177 e. The molecule has 0 bridgehead atoms. The van der Waals surface area contributed by atoms with Crippen LogP contribution in [0.2, 0.25) is 0 Å². The molecular weight excluding hydrogens is 176 g/mol. The number of fused-ring (bicyclic) bond motifs is 1. The Kier molecular flexibility index (Phi) is 1.73. The lowest BCUT2D eigenvalue weighted by Crippen LogP contribution is -2.14. The van der Waals surface area contributed by atoms with Crippen molar-refractivity contribution in [1.29, 1.82) is 0 Å². The minimum atomic E-state index is 0.393. The first-order chi connectivity index (χ1) is 6.93. The number of pyridine rings is 1. The van der Waals surface area contributed by atoms with Gasteiger partial charge in [0.2, 0.25) is 0 Å². The normalized spacial score (nSPS) is 21.9. The van der Waals surface area contributed by atoms with Crippen LogP contribution in [0.5, 0.6) is 0 Å². The molecule has 14 heavy (non-hydrogen) atoms. The van der Waals surface area contributed by atoms with Crippen LogP contribution in [0, 0.1) is 0 Å². The third-order valence-corrected chi connectivity index (χ3v) is 2.67. The van der Waals surface area contributed by atoms with Crippen molar-refractivity contribution in [2.45, 2.75) is 18.9 Å². The number of H-pyrrole nitrogens is 1. The van der Waals surface area contributed by atoms with Gasteiger partial charge in [0.1, 0.15) is 5.82 Å². The van der Waals surface area contributed by atoms with Crippen molar-refractivity contribution >= 4 is 11.2 Å². The zero-order valence-electron chi connectivity index (χ0n) is 7.83. The summed E-state index contributed by atoms with van der Waals surface area (Å²) in [6.45, 7) is 1.09. The molecule has 3 rings (SSSR count). The van der Waals surface area contributed by atoms with Crippen molar-refractivity contribution in [2.24, 2.45) is 0 Å². The molecule has 0 unspecified atom stereocenters. The van der Waals surface area contributed by atoms with E-state index in [0.717, 1.165) is 23.5 Å². The predicted octanol–water partition coefficient (Wildman–Crippen LogP) is 1.38. The quantitative estimate of drug-likeness (QED) is 0.711. The summed E-state index contributed by atoms with van der Waals surface area (Å²) in [6.07, 6.45) is 4.17. The number of nitrogens with zero attached hydrogens (tertiary/aromatic N) is 2. The average Bonchev–Trinajstić information content (AvgIpc) is 2.86. The summed E-state index contributed by atoms with van der Waals surface area (Å²) >= 11 is 0. The van der Waals surface area contributed by atoms with E-state index in [1.807, 2.05) is 12.1 Å². The van der Waals surface area contributed by atoms with Gasteiger partial charge in [-0.3, -0.25) is 0 Å². The van der Waals surface area contributed by atoms with E-state index in [9.17, 15) is 0 Å². The molecule has 1 saturated heterocycles. The number of nitrogens with one attached hydrogen (secondary N) is 2. The second kappa shape index (κ2) is 3.06. The van der Waals surface area contributed by atoms with E-state index in [1.165, 1.54) is 12.8 Å². The van der Waals surface area contributed by atoms with Gasteiger partial charge in [0.25, 0.3) is 0 Å². The highest BCUT2D eigenvalue weighted by molar-refractivity contribution is 5.69. The highest BCUT2D eigenvalue weighted by Crippen LogP contribution is 2.21. The van der Waals surface area contributed by atoms with Gasteiger partial charge in [-0.15, -0.1) is 0 Å². The monoisotopic (exact) mass is 188 g/mol. The second-order valence-electron chi connectivity index (χ2n) is 3.65. The summed E-state index contributed by atoms with van der Waals surface area (Å²) in [5.74, 6) is 1.02. The van der Waals surface area contributed by atoms with Crippen molar-refractivity contribution in [3.05, 3.63) is 24.2 Å². The molecule has 2 N–H and O–H groups in total. The van der Waals surface area contributed by atoms with Crippen LogP contribution in [0.25, 0.3) is 11.2 Å². The van der Waals surface area contributed by atoms with E-state index in [2.05, 4.69) is 20.3 Å². The van der Waals surface area contributed by atoms with E-state index in [0.29, 0.717) is 6.04 Å². The maximum Gasteiger partial charge on any atom is 0.177 e. The van der Waals surface area contributed by atoms with Gasteiger partial charge in [-0.25, -0.2) is 9.97 Å². The zero-order chi connectivity index (χ0) is 9.38. The Bertz CT molecular complexity index is 409. The third-order valence-electron chi connectivity index (χ3n) is 2.67. The summed E-state index contributed by atoms with van der Waals surface area (Å²) in [5, 5.41) is 3.41. The molecule has 1 atom stereocenters. The highest BCUT2D eigenvalue weighted by atomic mass is 15.1. The summed E-state index contributed by atoms with van der Waals surface area (Å²) in [4.78, 5) is 12.0. The van der Waals surface area contributed by atoms with Crippen LogP contribution in [-0.2, 0) is 0 Å². The Balaban J connectivity index is 2.05. The fourth-order valence-corrected chi connectivity index (χ4v) is 1.95. The van der Waals surface area contributed by atoms with Crippen LogP contribution in [0.1, 0.15) is 24.7 Å². The molecule has 0 aliphatic carbocycles. The lowest BCUT2D eigenvalue weighted by molar-refractivity contribution is 0.614. The molecule has 1 aliphatic heterocycles. The van der Waals surface area contributed by atoms with Gasteiger partial charge >= 0.3 is 0 Å². The van der Waals surface area contributed by atoms with Crippen molar-refractivity contribution in [3.63, 3.8) is 0 Å². The minimum absolute atomic E-state index is 0.393. The van der Waals surface area contributed by atoms with Gasteiger partial charge in [0, 0.05) is 6.20 Å². The SMILES string of the molecule is c1cnc2nc([C@H]3CCCN3)[nH]c2c1. The average molecular weight is 188 g/mol. The molecular formula is C10H12N4. The van der Waals surface area contributed by atoms with Gasteiger partial charge in [-0.2, -0.15) is 0 Å². The topological polar surface area (TPSA) is 53.6 Å². The van der Waals surface area contributed by atoms with Gasteiger partial charge in [-0.1, -0.05) is 0 Å². The molecule has 0 spiro atoms. The number of aromatic nitrogens is 3. The molecule has 1 aliphatic rings. The first-order valence-corrected chi connectivity index (χ1v) is 4.97. The van der Waals surface area contributed by atoms with E-state index >= 15 is 0 Å². The third kappa shape index (κ3) is 1.19. The van der Waals surface area contributed by atoms with E-state index in [1.54, 1.807) is 6.20 Å². The molecule has 1 fully saturated rings. The molecule has 0 aromatic carbocycles. The molecule has 2 aromatic rings. The van der Waals surface area contributed by atoms with Crippen molar-refractivity contribution in [1.82, 2.24) is 20.3 Å². The lowest BCUT2D eigenvalue weighted by atomic mass is 10.2. The van der Waals surface area contributed by atoms with E-state index in [4.69, 9.17) is 0 Å². The Hall–Kier alpha value is -1.42. The Morgan fingerprint density at radius 3 is 3.21 bits per heavy atom. The van der Waals surface area contributed by atoms with Crippen molar-refractivity contribution < 1.29 is 0 Å². The number of rotatable bonds is 1. The Morgan fingerprint density at radius 2 is 2.43 bits per heavy atom. The van der Waals surface area contributed by atoms with E-state index in [-0.39, 0.29) is 0 Å². The zero-order valence-corrected chi connectivity index (χ0v) is 7.83. The molecule has 3 heterocycles.